The number of nitrogens with one attached hydrogen (secondary N) is 2. The molecule has 2 N–H and O–H groups in total. The van der Waals surface area contributed by atoms with E-state index in [0.29, 0.717) is 0 Å². The van der Waals surface area contributed by atoms with E-state index in [0.717, 1.165) is 48.4 Å². The molecule has 0 aromatic heterocycles. The molecule has 0 unspecified atom stereocenters. The van der Waals surface area contributed by atoms with E-state index < -0.39 is 0 Å². The van der Waals surface area contributed by atoms with Gasteiger partial charge in [-0.25, -0.2) is 4.79 Å². The number of benzene rings is 2. The van der Waals surface area contributed by atoms with Crippen LogP contribution in [0.3, 0.4) is 0 Å². The Morgan fingerprint density at radius 2 is 1.83 bits per heavy atom. The van der Waals surface area contributed by atoms with E-state index in [1.165, 1.54) is 5.56 Å². The molecular weight excluding hydrogens is 320 g/mol. The Balaban J connectivity index is 1.66. The van der Waals surface area contributed by atoms with Gasteiger partial charge < -0.3 is 10.6 Å². The molecule has 3 nitrogen and oxygen atoms in total. The molecule has 0 aliphatic heterocycles. The van der Waals surface area contributed by atoms with Gasteiger partial charge in [0.25, 0.3) is 0 Å². The van der Waals surface area contributed by atoms with Gasteiger partial charge in [-0.2, -0.15) is 0 Å². The third-order valence-electron chi connectivity index (χ3n) is 4.79. The number of hydrogen-bond donors (Lipinski definition) is 2. The lowest BCUT2D eigenvalue weighted by Crippen LogP contribution is -2.56. The van der Waals surface area contributed by atoms with Crippen LogP contribution in [-0.4, -0.2) is 11.6 Å². The third kappa shape index (κ3) is 3.90. The molecule has 1 saturated carbocycles. The maximum atomic E-state index is 12.5. The number of carbonyl (C=O) groups is 1. The molecule has 1 aliphatic carbocycles. The van der Waals surface area contributed by atoms with Gasteiger partial charge in [-0.3, -0.25) is 0 Å². The summed E-state index contributed by atoms with van der Waals surface area (Å²) in [7, 11) is 0. The Morgan fingerprint density at radius 3 is 2.46 bits per heavy atom. The van der Waals surface area contributed by atoms with E-state index in [1.54, 1.807) is 0 Å². The highest BCUT2D eigenvalue weighted by Gasteiger charge is 2.38. The Bertz CT molecular complexity index is 708. The van der Waals surface area contributed by atoms with Crippen molar-refractivity contribution in [1.82, 2.24) is 5.32 Å². The molecular formula is C20H23ClN2O. The third-order valence-corrected chi connectivity index (χ3v) is 5.04. The molecule has 126 valence electrons. The molecule has 24 heavy (non-hydrogen) atoms. The van der Waals surface area contributed by atoms with Gasteiger partial charge in [0.15, 0.2) is 0 Å². The zero-order valence-corrected chi connectivity index (χ0v) is 14.7. The summed E-state index contributed by atoms with van der Waals surface area (Å²) in [6, 6.07) is 15.7. The molecule has 0 saturated heterocycles. The standard InChI is InChI=1S/C20H23ClN2O/c1-2-16-6-3-4-7-18(16)22-19(24)23-20(12-5-13-20)14-15-8-10-17(21)11-9-15/h3-4,6-11H,2,5,12-14H2,1H3,(H2,22,23,24). The lowest BCUT2D eigenvalue weighted by atomic mass is 9.73. The number of aryl methyl sites for hydroxylation is 1. The van der Waals surface area contributed by atoms with Gasteiger partial charge >= 0.3 is 6.03 Å². The number of hydrogen-bond acceptors (Lipinski definition) is 1. The van der Waals surface area contributed by atoms with E-state index in [2.05, 4.69) is 17.6 Å². The molecule has 0 bridgehead atoms. The molecule has 1 fully saturated rings. The highest BCUT2D eigenvalue weighted by atomic mass is 35.5. The van der Waals surface area contributed by atoms with Crippen LogP contribution >= 0.6 is 11.6 Å². The van der Waals surface area contributed by atoms with Crippen LogP contribution in [0.1, 0.15) is 37.3 Å². The quantitative estimate of drug-likeness (QED) is 0.771. The summed E-state index contributed by atoms with van der Waals surface area (Å²) in [5.41, 5.74) is 3.10. The largest absolute Gasteiger partial charge is 0.332 e. The van der Waals surface area contributed by atoms with Crippen LogP contribution in [0, 0.1) is 0 Å². The fraction of sp³-hybridized carbons (Fsp3) is 0.350. The SMILES string of the molecule is CCc1ccccc1NC(=O)NC1(Cc2ccc(Cl)cc2)CCC1. The first-order valence-electron chi connectivity index (χ1n) is 8.52. The van der Waals surface area contributed by atoms with Crippen molar-refractivity contribution in [3.63, 3.8) is 0 Å². The Labute approximate surface area is 148 Å². The van der Waals surface area contributed by atoms with Crippen molar-refractivity contribution in [3.8, 4) is 0 Å². The molecule has 0 atom stereocenters. The Morgan fingerprint density at radius 1 is 1.12 bits per heavy atom. The smallest absolute Gasteiger partial charge is 0.319 e. The molecule has 3 rings (SSSR count). The number of urea groups is 1. The second-order valence-electron chi connectivity index (χ2n) is 6.53. The zero-order valence-electron chi connectivity index (χ0n) is 13.9. The van der Waals surface area contributed by atoms with Crippen LogP contribution in [-0.2, 0) is 12.8 Å². The van der Waals surface area contributed by atoms with Crippen LogP contribution in [0.4, 0.5) is 10.5 Å². The van der Waals surface area contributed by atoms with Crippen LogP contribution in [0.15, 0.2) is 48.5 Å². The second-order valence-corrected chi connectivity index (χ2v) is 6.96. The van der Waals surface area contributed by atoms with Crippen LogP contribution < -0.4 is 10.6 Å². The van der Waals surface area contributed by atoms with Crippen molar-refractivity contribution >= 4 is 23.3 Å². The first-order chi connectivity index (χ1) is 11.6. The van der Waals surface area contributed by atoms with E-state index in [4.69, 9.17) is 11.6 Å². The first-order valence-corrected chi connectivity index (χ1v) is 8.89. The fourth-order valence-corrected chi connectivity index (χ4v) is 3.41. The minimum absolute atomic E-state index is 0.121. The predicted molar refractivity (Wildman–Crippen MR) is 99.7 cm³/mol. The normalized spacial score (nSPS) is 15.4. The van der Waals surface area contributed by atoms with E-state index in [-0.39, 0.29) is 11.6 Å². The van der Waals surface area contributed by atoms with Crippen LogP contribution in [0.2, 0.25) is 5.02 Å². The van der Waals surface area contributed by atoms with Gasteiger partial charge in [0.05, 0.1) is 0 Å². The van der Waals surface area contributed by atoms with E-state index in [9.17, 15) is 4.79 Å². The Kier molecular flexibility index (Phi) is 5.10. The van der Waals surface area contributed by atoms with Crippen molar-refractivity contribution in [2.24, 2.45) is 0 Å². The van der Waals surface area contributed by atoms with Gasteiger partial charge in [0, 0.05) is 16.2 Å². The number of rotatable bonds is 5. The Hall–Kier alpha value is -2.00. The summed E-state index contributed by atoms with van der Waals surface area (Å²) in [5.74, 6) is 0. The summed E-state index contributed by atoms with van der Waals surface area (Å²) in [6.45, 7) is 2.09. The van der Waals surface area contributed by atoms with Gasteiger partial charge in [-0.15, -0.1) is 0 Å². The average molecular weight is 343 g/mol. The number of anilines is 1. The minimum atomic E-state index is -0.140. The summed E-state index contributed by atoms with van der Waals surface area (Å²) < 4.78 is 0. The number of para-hydroxylation sites is 1. The van der Waals surface area contributed by atoms with E-state index in [1.807, 2.05) is 48.5 Å². The molecule has 0 spiro atoms. The van der Waals surface area contributed by atoms with Crippen molar-refractivity contribution in [2.45, 2.75) is 44.6 Å². The van der Waals surface area contributed by atoms with Gasteiger partial charge in [-0.05, 0) is 61.4 Å². The molecule has 2 aromatic rings. The second kappa shape index (κ2) is 7.27. The monoisotopic (exact) mass is 342 g/mol. The maximum absolute atomic E-state index is 12.5. The van der Waals surface area contributed by atoms with Gasteiger partial charge in [0.2, 0.25) is 0 Å². The maximum Gasteiger partial charge on any atom is 0.319 e. The van der Waals surface area contributed by atoms with Gasteiger partial charge in [0.1, 0.15) is 0 Å². The van der Waals surface area contributed by atoms with Crippen molar-refractivity contribution in [2.75, 3.05) is 5.32 Å². The molecule has 1 aliphatic rings. The van der Waals surface area contributed by atoms with Crippen LogP contribution in [0.5, 0.6) is 0 Å². The highest BCUT2D eigenvalue weighted by Crippen LogP contribution is 2.35. The highest BCUT2D eigenvalue weighted by molar-refractivity contribution is 6.30. The summed E-state index contributed by atoms with van der Waals surface area (Å²) in [5, 5.41) is 6.96. The number of amides is 2. The average Bonchev–Trinajstić information content (AvgIpc) is 2.55. The lowest BCUT2D eigenvalue weighted by molar-refractivity contribution is 0.183. The van der Waals surface area contributed by atoms with Crippen molar-refractivity contribution < 1.29 is 4.79 Å². The lowest BCUT2D eigenvalue weighted by Gasteiger charge is -2.42. The fourth-order valence-electron chi connectivity index (χ4n) is 3.29. The molecule has 2 amide bonds. The van der Waals surface area contributed by atoms with Crippen molar-refractivity contribution in [1.29, 1.82) is 0 Å². The van der Waals surface area contributed by atoms with E-state index >= 15 is 0 Å². The summed E-state index contributed by atoms with van der Waals surface area (Å²) in [6.07, 6.45) is 4.91. The first kappa shape index (κ1) is 16.8. The van der Waals surface area contributed by atoms with Crippen molar-refractivity contribution in [3.05, 3.63) is 64.7 Å². The zero-order chi connectivity index (χ0) is 17.0. The molecule has 4 heteroatoms. The summed E-state index contributed by atoms with van der Waals surface area (Å²) in [4.78, 5) is 12.5. The molecule has 0 radical (unpaired) electrons. The number of halogens is 1. The summed E-state index contributed by atoms with van der Waals surface area (Å²) >= 11 is 5.95. The molecule has 0 heterocycles. The topological polar surface area (TPSA) is 41.1 Å². The predicted octanol–water partition coefficient (Wildman–Crippen LogP) is 5.19. The number of carbonyl (C=O) groups excluding carboxylic acids is 1. The minimum Gasteiger partial charge on any atom is -0.332 e. The van der Waals surface area contributed by atoms with Crippen LogP contribution in [0.25, 0.3) is 0 Å². The molecule has 2 aromatic carbocycles. The van der Waals surface area contributed by atoms with Gasteiger partial charge in [-0.1, -0.05) is 48.9 Å².